The second-order valence-corrected chi connectivity index (χ2v) is 4.43. The molecule has 16 heavy (non-hydrogen) atoms. The average molecular weight is 220 g/mol. The van der Waals surface area contributed by atoms with Gasteiger partial charge in [-0.3, -0.25) is 0 Å². The Hall–Kier alpha value is -1.22. The summed E-state index contributed by atoms with van der Waals surface area (Å²) in [4.78, 5) is 0. The highest BCUT2D eigenvalue weighted by Crippen LogP contribution is 2.22. The van der Waals surface area contributed by atoms with E-state index in [4.69, 9.17) is 10.5 Å². The minimum atomic E-state index is 0.288. The van der Waals surface area contributed by atoms with Gasteiger partial charge in [-0.15, -0.1) is 0 Å². The Bertz CT molecular complexity index is 323. The number of rotatable bonds is 3. The molecule has 1 aromatic carbocycles. The largest absolute Gasteiger partial charge is 0.497 e. The van der Waals surface area contributed by atoms with Gasteiger partial charge in [0.05, 0.1) is 7.11 Å². The van der Waals surface area contributed by atoms with E-state index in [1.54, 1.807) is 7.11 Å². The summed E-state index contributed by atoms with van der Waals surface area (Å²) < 4.78 is 5.13. The lowest BCUT2D eigenvalue weighted by Gasteiger charge is -2.30. The Morgan fingerprint density at radius 2 is 1.88 bits per heavy atom. The van der Waals surface area contributed by atoms with Crippen molar-refractivity contribution in [2.75, 3.05) is 12.4 Å². The van der Waals surface area contributed by atoms with Crippen molar-refractivity contribution in [1.29, 1.82) is 0 Å². The number of methoxy groups -OCH3 is 1. The first-order valence-corrected chi connectivity index (χ1v) is 5.96. The van der Waals surface area contributed by atoms with E-state index in [9.17, 15) is 0 Å². The van der Waals surface area contributed by atoms with Crippen molar-refractivity contribution in [3.63, 3.8) is 0 Å². The molecule has 0 aromatic heterocycles. The van der Waals surface area contributed by atoms with E-state index in [1.165, 1.54) is 19.3 Å². The lowest BCUT2D eigenvalue weighted by atomic mass is 9.91. The number of benzene rings is 1. The lowest BCUT2D eigenvalue weighted by molar-refractivity contribution is 0.403. The summed E-state index contributed by atoms with van der Waals surface area (Å²) >= 11 is 0. The Morgan fingerprint density at radius 1 is 1.19 bits per heavy atom. The summed E-state index contributed by atoms with van der Waals surface area (Å²) in [6.07, 6.45) is 4.85. The van der Waals surface area contributed by atoms with E-state index in [0.717, 1.165) is 17.9 Å². The van der Waals surface area contributed by atoms with E-state index in [-0.39, 0.29) is 6.04 Å². The van der Waals surface area contributed by atoms with Crippen LogP contribution in [0.5, 0.6) is 5.75 Å². The first-order valence-electron chi connectivity index (χ1n) is 5.96. The number of nitrogens with one attached hydrogen (secondary N) is 1. The number of hydrogen-bond donors (Lipinski definition) is 2. The van der Waals surface area contributed by atoms with Crippen molar-refractivity contribution >= 4 is 5.69 Å². The van der Waals surface area contributed by atoms with Crippen LogP contribution in [0.4, 0.5) is 5.69 Å². The highest BCUT2D eigenvalue weighted by Gasteiger charge is 2.21. The third-order valence-electron chi connectivity index (χ3n) is 3.26. The van der Waals surface area contributed by atoms with Gasteiger partial charge in [0.1, 0.15) is 5.75 Å². The van der Waals surface area contributed by atoms with Gasteiger partial charge in [0.15, 0.2) is 0 Å². The molecule has 0 unspecified atom stereocenters. The van der Waals surface area contributed by atoms with Gasteiger partial charge in [-0.05, 0) is 37.1 Å². The first-order chi connectivity index (χ1) is 7.79. The summed E-state index contributed by atoms with van der Waals surface area (Å²) in [6.45, 7) is 0. The molecule has 0 bridgehead atoms. The fourth-order valence-electron chi connectivity index (χ4n) is 2.24. The quantitative estimate of drug-likeness (QED) is 0.822. The summed E-state index contributed by atoms with van der Waals surface area (Å²) in [5, 5.41) is 3.50. The van der Waals surface area contributed by atoms with Crippen molar-refractivity contribution < 1.29 is 4.74 Å². The Labute approximate surface area is 97.0 Å². The highest BCUT2D eigenvalue weighted by molar-refractivity contribution is 5.47. The van der Waals surface area contributed by atoms with Crippen LogP contribution >= 0.6 is 0 Å². The minimum absolute atomic E-state index is 0.288. The van der Waals surface area contributed by atoms with Gasteiger partial charge in [-0.25, -0.2) is 0 Å². The maximum absolute atomic E-state index is 6.10. The molecule has 0 radical (unpaired) electrons. The van der Waals surface area contributed by atoms with E-state index in [0.29, 0.717) is 6.04 Å². The highest BCUT2D eigenvalue weighted by atomic mass is 16.5. The Kier molecular flexibility index (Phi) is 3.67. The Balaban J connectivity index is 1.96. The number of nitrogens with two attached hydrogens (primary N) is 1. The summed E-state index contributed by atoms with van der Waals surface area (Å²) in [5.41, 5.74) is 7.22. The Morgan fingerprint density at radius 3 is 2.50 bits per heavy atom. The summed E-state index contributed by atoms with van der Waals surface area (Å²) in [6, 6.07) is 8.73. The van der Waals surface area contributed by atoms with Crippen LogP contribution in [0.1, 0.15) is 25.7 Å². The maximum atomic E-state index is 6.10. The molecule has 1 aliphatic rings. The van der Waals surface area contributed by atoms with E-state index >= 15 is 0 Å². The van der Waals surface area contributed by atoms with Crippen molar-refractivity contribution in [3.8, 4) is 5.75 Å². The molecule has 1 fully saturated rings. The zero-order valence-electron chi connectivity index (χ0n) is 9.78. The molecule has 0 saturated heterocycles. The second-order valence-electron chi connectivity index (χ2n) is 4.43. The van der Waals surface area contributed by atoms with Crippen LogP contribution in [0.2, 0.25) is 0 Å². The first kappa shape index (κ1) is 11.3. The third-order valence-corrected chi connectivity index (χ3v) is 3.26. The summed E-state index contributed by atoms with van der Waals surface area (Å²) in [5.74, 6) is 0.887. The molecule has 0 amide bonds. The molecule has 2 atom stereocenters. The fraction of sp³-hybridized carbons (Fsp3) is 0.538. The number of anilines is 1. The second kappa shape index (κ2) is 5.21. The molecule has 3 N–H and O–H groups in total. The standard InChI is InChI=1S/C13H20N2O/c1-16-11-8-6-10(7-9-11)15-13-5-3-2-4-12(13)14/h6-9,12-13,15H,2-5,14H2,1H3/t12-,13-/m1/s1. The zero-order valence-corrected chi connectivity index (χ0v) is 9.78. The molecule has 0 heterocycles. The predicted molar refractivity (Wildman–Crippen MR) is 66.8 cm³/mol. The van der Waals surface area contributed by atoms with Crippen LogP contribution in [0, 0.1) is 0 Å². The minimum Gasteiger partial charge on any atom is -0.497 e. The third kappa shape index (κ3) is 2.67. The maximum Gasteiger partial charge on any atom is 0.119 e. The van der Waals surface area contributed by atoms with Crippen molar-refractivity contribution in [1.82, 2.24) is 0 Å². The monoisotopic (exact) mass is 220 g/mol. The summed E-state index contributed by atoms with van der Waals surface area (Å²) in [7, 11) is 1.68. The van der Waals surface area contributed by atoms with Gasteiger partial charge in [0.2, 0.25) is 0 Å². The van der Waals surface area contributed by atoms with Crippen LogP contribution in [0.15, 0.2) is 24.3 Å². The van der Waals surface area contributed by atoms with Crippen LogP contribution in [0.3, 0.4) is 0 Å². The van der Waals surface area contributed by atoms with Gasteiger partial charge in [-0.2, -0.15) is 0 Å². The molecule has 0 spiro atoms. The van der Waals surface area contributed by atoms with Gasteiger partial charge in [0.25, 0.3) is 0 Å². The van der Waals surface area contributed by atoms with Gasteiger partial charge >= 0.3 is 0 Å². The zero-order chi connectivity index (χ0) is 11.4. The van der Waals surface area contributed by atoms with E-state index < -0.39 is 0 Å². The lowest BCUT2D eigenvalue weighted by Crippen LogP contribution is -2.42. The van der Waals surface area contributed by atoms with Crippen molar-refractivity contribution in [2.24, 2.45) is 5.73 Å². The SMILES string of the molecule is COc1ccc(N[C@@H]2CCCC[C@H]2N)cc1. The molecule has 2 rings (SSSR count). The molecule has 1 aromatic rings. The molecular weight excluding hydrogens is 200 g/mol. The molecule has 3 nitrogen and oxygen atoms in total. The smallest absolute Gasteiger partial charge is 0.119 e. The molecule has 3 heteroatoms. The van der Waals surface area contributed by atoms with Crippen molar-refractivity contribution in [3.05, 3.63) is 24.3 Å². The number of hydrogen-bond acceptors (Lipinski definition) is 3. The predicted octanol–water partition coefficient (Wildman–Crippen LogP) is 2.38. The van der Waals surface area contributed by atoms with Gasteiger partial charge in [-0.1, -0.05) is 12.8 Å². The normalized spacial score (nSPS) is 25.1. The van der Waals surface area contributed by atoms with Gasteiger partial charge in [0, 0.05) is 17.8 Å². The topological polar surface area (TPSA) is 47.3 Å². The average Bonchev–Trinajstić information content (AvgIpc) is 2.33. The molecule has 88 valence electrons. The molecule has 1 aliphatic carbocycles. The van der Waals surface area contributed by atoms with Crippen LogP contribution in [0.25, 0.3) is 0 Å². The molecule has 0 aliphatic heterocycles. The molecule has 1 saturated carbocycles. The van der Waals surface area contributed by atoms with Gasteiger partial charge < -0.3 is 15.8 Å². The van der Waals surface area contributed by atoms with Crippen LogP contribution in [-0.4, -0.2) is 19.2 Å². The van der Waals surface area contributed by atoms with Crippen molar-refractivity contribution in [2.45, 2.75) is 37.8 Å². The van der Waals surface area contributed by atoms with E-state index in [2.05, 4.69) is 5.32 Å². The molecular formula is C13H20N2O. The van der Waals surface area contributed by atoms with Crippen LogP contribution < -0.4 is 15.8 Å². The van der Waals surface area contributed by atoms with E-state index in [1.807, 2.05) is 24.3 Å². The number of ether oxygens (including phenoxy) is 1. The van der Waals surface area contributed by atoms with Crippen LogP contribution in [-0.2, 0) is 0 Å². The fourth-order valence-corrected chi connectivity index (χ4v) is 2.24.